The van der Waals surface area contributed by atoms with Gasteiger partial charge in [0.05, 0.1) is 24.7 Å². The molecule has 1 saturated heterocycles. The Morgan fingerprint density at radius 2 is 2.10 bits per heavy atom. The highest BCUT2D eigenvalue weighted by Gasteiger charge is 2.29. The summed E-state index contributed by atoms with van der Waals surface area (Å²) >= 11 is 0. The van der Waals surface area contributed by atoms with Gasteiger partial charge in [-0.1, -0.05) is 0 Å². The zero-order valence-electron chi connectivity index (χ0n) is 12.5. The van der Waals surface area contributed by atoms with Gasteiger partial charge in [0.1, 0.15) is 11.6 Å². The molecule has 0 unspecified atom stereocenters. The Bertz CT molecular complexity index is 641. The monoisotopic (exact) mass is 286 g/mol. The van der Waals surface area contributed by atoms with Crippen LogP contribution in [0.3, 0.4) is 0 Å². The van der Waals surface area contributed by atoms with Gasteiger partial charge in [0, 0.05) is 38.3 Å². The van der Waals surface area contributed by atoms with Crippen LogP contribution in [-0.4, -0.2) is 47.7 Å². The molecule has 2 aliphatic rings. The zero-order valence-corrected chi connectivity index (χ0v) is 12.5. The van der Waals surface area contributed by atoms with E-state index in [1.807, 2.05) is 6.07 Å². The molecule has 0 radical (unpaired) electrons. The largest absolute Gasteiger partial charge is 0.497 e. The number of nitrogens with one attached hydrogen (secondary N) is 1. The summed E-state index contributed by atoms with van der Waals surface area (Å²) in [5.41, 5.74) is 2.31. The number of piperazine rings is 1. The smallest absolute Gasteiger partial charge is 0.124 e. The lowest BCUT2D eigenvalue weighted by Crippen LogP contribution is -2.43. The molecule has 0 bridgehead atoms. The van der Waals surface area contributed by atoms with Crippen LogP contribution >= 0.6 is 0 Å². The molecule has 2 heterocycles. The van der Waals surface area contributed by atoms with Gasteiger partial charge in [-0.25, -0.2) is 4.98 Å². The number of imidazole rings is 1. The van der Waals surface area contributed by atoms with Crippen LogP contribution in [0.15, 0.2) is 18.2 Å². The van der Waals surface area contributed by atoms with E-state index in [4.69, 9.17) is 9.72 Å². The average molecular weight is 286 g/mol. The predicted octanol–water partition coefficient (Wildman–Crippen LogP) is 1.78. The summed E-state index contributed by atoms with van der Waals surface area (Å²) in [7, 11) is 1.71. The normalized spacial score (nSPS) is 20.0. The number of fused-ring (bicyclic) bond motifs is 1. The minimum Gasteiger partial charge on any atom is -0.497 e. The predicted molar refractivity (Wildman–Crippen MR) is 82.7 cm³/mol. The van der Waals surface area contributed by atoms with Crippen molar-refractivity contribution >= 4 is 11.0 Å². The van der Waals surface area contributed by atoms with Gasteiger partial charge in [-0.3, -0.25) is 4.90 Å². The Morgan fingerprint density at radius 3 is 2.81 bits per heavy atom. The molecule has 1 aliphatic heterocycles. The first-order valence-electron chi connectivity index (χ1n) is 7.83. The van der Waals surface area contributed by atoms with E-state index < -0.39 is 0 Å². The maximum absolute atomic E-state index is 5.33. The van der Waals surface area contributed by atoms with Crippen LogP contribution in [-0.2, 0) is 6.54 Å². The molecule has 21 heavy (non-hydrogen) atoms. The third kappa shape index (κ3) is 2.51. The summed E-state index contributed by atoms with van der Waals surface area (Å²) in [6.45, 7) is 5.33. The maximum atomic E-state index is 5.33. The van der Waals surface area contributed by atoms with E-state index in [-0.39, 0.29) is 0 Å². The average Bonchev–Trinajstić information content (AvgIpc) is 3.29. The van der Waals surface area contributed by atoms with E-state index in [1.54, 1.807) is 7.11 Å². The van der Waals surface area contributed by atoms with Crippen molar-refractivity contribution < 1.29 is 4.74 Å². The molecule has 0 amide bonds. The number of hydrogen-bond donors (Lipinski definition) is 1. The second-order valence-corrected chi connectivity index (χ2v) is 6.01. The number of ether oxygens (including phenoxy) is 1. The number of rotatable bonds is 4. The number of benzene rings is 1. The molecular weight excluding hydrogens is 264 g/mol. The van der Waals surface area contributed by atoms with Crippen LogP contribution < -0.4 is 10.1 Å². The summed E-state index contributed by atoms with van der Waals surface area (Å²) in [5, 5.41) is 3.41. The minimum atomic E-state index is 0.654. The molecular formula is C16H22N4O. The van der Waals surface area contributed by atoms with E-state index in [1.165, 1.54) is 24.2 Å². The lowest BCUT2D eigenvalue weighted by atomic mass is 10.3. The standard InChI is InChI=1S/C16H22N4O/c1-21-13-4-5-15-14(10-13)18-16(20(15)12-2-3-12)11-19-8-6-17-7-9-19/h4-5,10,12,17H,2-3,6-9,11H2,1H3. The van der Waals surface area contributed by atoms with Gasteiger partial charge >= 0.3 is 0 Å². The van der Waals surface area contributed by atoms with Crippen molar-refractivity contribution in [2.45, 2.75) is 25.4 Å². The van der Waals surface area contributed by atoms with E-state index in [0.29, 0.717) is 6.04 Å². The summed E-state index contributed by atoms with van der Waals surface area (Å²) in [5.74, 6) is 2.10. The van der Waals surface area contributed by atoms with Gasteiger partial charge in [-0.05, 0) is 25.0 Å². The molecule has 1 aromatic carbocycles. The molecule has 112 valence electrons. The van der Waals surface area contributed by atoms with Gasteiger partial charge < -0.3 is 14.6 Å². The van der Waals surface area contributed by atoms with Crippen LogP contribution in [0, 0.1) is 0 Å². The highest BCUT2D eigenvalue weighted by molar-refractivity contribution is 5.78. The quantitative estimate of drug-likeness (QED) is 0.930. The lowest BCUT2D eigenvalue weighted by molar-refractivity contribution is 0.225. The third-order valence-corrected chi connectivity index (χ3v) is 4.46. The molecule has 5 heteroatoms. The van der Waals surface area contributed by atoms with Crippen molar-refractivity contribution in [3.8, 4) is 5.75 Å². The molecule has 2 fully saturated rings. The fourth-order valence-electron chi connectivity index (χ4n) is 3.18. The van der Waals surface area contributed by atoms with Crippen molar-refractivity contribution in [1.29, 1.82) is 0 Å². The van der Waals surface area contributed by atoms with Crippen molar-refractivity contribution in [1.82, 2.24) is 19.8 Å². The molecule has 4 rings (SSSR count). The fraction of sp³-hybridized carbons (Fsp3) is 0.562. The van der Waals surface area contributed by atoms with Crippen LogP contribution in [0.1, 0.15) is 24.7 Å². The van der Waals surface area contributed by atoms with Crippen LogP contribution in [0.2, 0.25) is 0 Å². The number of methoxy groups -OCH3 is 1. The highest BCUT2D eigenvalue weighted by atomic mass is 16.5. The first kappa shape index (κ1) is 13.1. The molecule has 5 nitrogen and oxygen atoms in total. The molecule has 0 spiro atoms. The molecule has 1 N–H and O–H groups in total. The minimum absolute atomic E-state index is 0.654. The van der Waals surface area contributed by atoms with Gasteiger partial charge in [-0.15, -0.1) is 0 Å². The summed E-state index contributed by atoms with van der Waals surface area (Å²) in [6, 6.07) is 6.90. The first-order chi connectivity index (χ1) is 10.3. The second-order valence-electron chi connectivity index (χ2n) is 6.01. The van der Waals surface area contributed by atoms with Crippen molar-refractivity contribution in [2.75, 3.05) is 33.3 Å². The Labute approximate surface area is 124 Å². The van der Waals surface area contributed by atoms with Crippen molar-refractivity contribution in [3.63, 3.8) is 0 Å². The van der Waals surface area contributed by atoms with Crippen LogP contribution in [0.4, 0.5) is 0 Å². The van der Waals surface area contributed by atoms with Gasteiger partial charge in [0.2, 0.25) is 0 Å². The fourth-order valence-corrected chi connectivity index (χ4v) is 3.18. The van der Waals surface area contributed by atoms with Gasteiger partial charge in [-0.2, -0.15) is 0 Å². The zero-order chi connectivity index (χ0) is 14.2. The summed E-state index contributed by atoms with van der Waals surface area (Å²) in [6.07, 6.45) is 2.57. The number of nitrogens with zero attached hydrogens (tertiary/aromatic N) is 3. The molecule has 0 atom stereocenters. The third-order valence-electron chi connectivity index (χ3n) is 4.46. The maximum Gasteiger partial charge on any atom is 0.124 e. The summed E-state index contributed by atoms with van der Waals surface area (Å²) < 4.78 is 7.78. The van der Waals surface area contributed by atoms with E-state index in [2.05, 4.69) is 26.9 Å². The Balaban J connectivity index is 1.70. The number of hydrogen-bond acceptors (Lipinski definition) is 4. The highest BCUT2D eigenvalue weighted by Crippen LogP contribution is 2.39. The van der Waals surface area contributed by atoms with E-state index in [0.717, 1.165) is 44.0 Å². The molecule has 1 aliphatic carbocycles. The SMILES string of the molecule is COc1ccc2c(c1)nc(CN1CCNCC1)n2C1CC1. The topological polar surface area (TPSA) is 42.3 Å². The number of aromatic nitrogens is 2. The second kappa shape index (κ2) is 5.31. The van der Waals surface area contributed by atoms with Gasteiger partial charge in [0.25, 0.3) is 0 Å². The van der Waals surface area contributed by atoms with Crippen molar-refractivity contribution in [2.24, 2.45) is 0 Å². The van der Waals surface area contributed by atoms with Crippen LogP contribution in [0.25, 0.3) is 11.0 Å². The van der Waals surface area contributed by atoms with Crippen LogP contribution in [0.5, 0.6) is 5.75 Å². The Morgan fingerprint density at radius 1 is 1.29 bits per heavy atom. The van der Waals surface area contributed by atoms with Gasteiger partial charge in [0.15, 0.2) is 0 Å². The first-order valence-corrected chi connectivity index (χ1v) is 7.83. The Hall–Kier alpha value is -1.59. The van der Waals surface area contributed by atoms with Crippen molar-refractivity contribution in [3.05, 3.63) is 24.0 Å². The molecule has 1 saturated carbocycles. The molecule has 2 aromatic rings. The summed E-state index contributed by atoms with van der Waals surface area (Å²) in [4.78, 5) is 7.39. The van der Waals surface area contributed by atoms with E-state index in [9.17, 15) is 0 Å². The van der Waals surface area contributed by atoms with E-state index >= 15 is 0 Å². The Kier molecular flexibility index (Phi) is 3.31. The lowest BCUT2D eigenvalue weighted by Gasteiger charge is -2.27. The molecule has 1 aromatic heterocycles.